The fraction of sp³-hybridized carbons (Fsp3) is 0.667. The third-order valence-corrected chi connectivity index (χ3v) is 3.02. The fourth-order valence-electron chi connectivity index (χ4n) is 1.26. The van der Waals surface area contributed by atoms with Crippen molar-refractivity contribution in [1.82, 2.24) is 10.3 Å². The molecule has 0 aliphatic heterocycles. The summed E-state index contributed by atoms with van der Waals surface area (Å²) in [5.74, 6) is 0. The average molecular weight is 272 g/mol. The standard InChI is InChI=1S/C12H20N2O3S/c1-12(2,3)17-11(16)14-8-10-13-7-9(18-10)5-4-6-15/h7,15H,4-6,8H2,1-3H3,(H,14,16). The van der Waals surface area contributed by atoms with Crippen LogP contribution in [0.1, 0.15) is 37.1 Å². The molecule has 1 rings (SSSR count). The van der Waals surface area contributed by atoms with Gasteiger partial charge in [-0.05, 0) is 33.6 Å². The molecule has 1 aromatic heterocycles. The molecule has 102 valence electrons. The van der Waals surface area contributed by atoms with E-state index < -0.39 is 11.7 Å². The van der Waals surface area contributed by atoms with Crippen molar-refractivity contribution in [3.8, 4) is 0 Å². The van der Waals surface area contributed by atoms with Crippen LogP contribution in [0.25, 0.3) is 0 Å². The number of carbonyl (C=O) groups excluding carboxylic acids is 1. The molecule has 0 fully saturated rings. The number of carbonyl (C=O) groups is 1. The van der Waals surface area contributed by atoms with E-state index in [2.05, 4.69) is 10.3 Å². The van der Waals surface area contributed by atoms with E-state index in [4.69, 9.17) is 9.84 Å². The first-order valence-electron chi connectivity index (χ1n) is 5.92. The Balaban J connectivity index is 2.35. The van der Waals surface area contributed by atoms with Crippen molar-refractivity contribution in [3.05, 3.63) is 16.1 Å². The molecule has 0 aromatic carbocycles. The normalized spacial score (nSPS) is 11.3. The van der Waals surface area contributed by atoms with Crippen molar-refractivity contribution >= 4 is 17.4 Å². The smallest absolute Gasteiger partial charge is 0.408 e. The van der Waals surface area contributed by atoms with E-state index in [1.807, 2.05) is 20.8 Å². The summed E-state index contributed by atoms with van der Waals surface area (Å²) >= 11 is 1.54. The van der Waals surface area contributed by atoms with Gasteiger partial charge in [-0.15, -0.1) is 11.3 Å². The molecule has 2 N–H and O–H groups in total. The number of aliphatic hydroxyl groups is 1. The lowest BCUT2D eigenvalue weighted by Gasteiger charge is -2.19. The largest absolute Gasteiger partial charge is 0.444 e. The van der Waals surface area contributed by atoms with Gasteiger partial charge in [0.15, 0.2) is 0 Å². The number of thiazole rings is 1. The molecular weight excluding hydrogens is 252 g/mol. The summed E-state index contributed by atoms with van der Waals surface area (Å²) < 4.78 is 5.12. The van der Waals surface area contributed by atoms with E-state index in [0.717, 1.165) is 22.7 Å². The highest BCUT2D eigenvalue weighted by atomic mass is 32.1. The van der Waals surface area contributed by atoms with Crippen LogP contribution in [0, 0.1) is 0 Å². The Hall–Kier alpha value is -1.14. The minimum Gasteiger partial charge on any atom is -0.444 e. The summed E-state index contributed by atoms with van der Waals surface area (Å²) in [7, 11) is 0. The molecule has 1 amide bonds. The molecule has 0 aliphatic carbocycles. The first-order valence-corrected chi connectivity index (χ1v) is 6.73. The zero-order chi connectivity index (χ0) is 13.6. The molecule has 5 nitrogen and oxygen atoms in total. The highest BCUT2D eigenvalue weighted by molar-refractivity contribution is 7.11. The topological polar surface area (TPSA) is 71.5 Å². The van der Waals surface area contributed by atoms with Crippen molar-refractivity contribution in [1.29, 1.82) is 0 Å². The molecule has 0 bridgehead atoms. The predicted molar refractivity (Wildman–Crippen MR) is 70.6 cm³/mol. The molecule has 0 radical (unpaired) electrons. The van der Waals surface area contributed by atoms with Crippen molar-refractivity contribution in [3.63, 3.8) is 0 Å². The summed E-state index contributed by atoms with van der Waals surface area (Å²) in [6.07, 6.45) is 2.91. The molecule has 18 heavy (non-hydrogen) atoms. The predicted octanol–water partition coefficient (Wildman–Crippen LogP) is 2.09. The maximum absolute atomic E-state index is 11.4. The Labute approximate surface area is 111 Å². The van der Waals surface area contributed by atoms with Gasteiger partial charge in [-0.1, -0.05) is 0 Å². The van der Waals surface area contributed by atoms with Crippen LogP contribution in [-0.2, 0) is 17.7 Å². The maximum Gasteiger partial charge on any atom is 0.408 e. The van der Waals surface area contributed by atoms with Gasteiger partial charge in [0.2, 0.25) is 0 Å². The van der Waals surface area contributed by atoms with E-state index in [1.165, 1.54) is 0 Å². The van der Waals surface area contributed by atoms with Crippen LogP contribution in [0.3, 0.4) is 0 Å². The Morgan fingerprint density at radius 2 is 2.28 bits per heavy atom. The minimum atomic E-state index is -0.487. The highest BCUT2D eigenvalue weighted by Crippen LogP contribution is 2.14. The van der Waals surface area contributed by atoms with Gasteiger partial charge in [0.1, 0.15) is 10.6 Å². The molecular formula is C12H20N2O3S. The number of aliphatic hydroxyl groups excluding tert-OH is 1. The molecule has 1 heterocycles. The molecule has 1 aromatic rings. The highest BCUT2D eigenvalue weighted by Gasteiger charge is 2.16. The number of aromatic nitrogens is 1. The zero-order valence-corrected chi connectivity index (χ0v) is 11.8. The van der Waals surface area contributed by atoms with Gasteiger partial charge in [0.25, 0.3) is 0 Å². The van der Waals surface area contributed by atoms with Gasteiger partial charge in [-0.3, -0.25) is 0 Å². The van der Waals surface area contributed by atoms with Gasteiger partial charge >= 0.3 is 6.09 Å². The van der Waals surface area contributed by atoms with Crippen LogP contribution < -0.4 is 5.32 Å². The van der Waals surface area contributed by atoms with Crippen molar-refractivity contribution in [2.45, 2.75) is 45.8 Å². The van der Waals surface area contributed by atoms with Crippen LogP contribution in [0.2, 0.25) is 0 Å². The van der Waals surface area contributed by atoms with Gasteiger partial charge in [0.05, 0.1) is 6.54 Å². The van der Waals surface area contributed by atoms with Crippen molar-refractivity contribution in [2.75, 3.05) is 6.61 Å². The quantitative estimate of drug-likeness (QED) is 0.861. The molecule has 0 unspecified atom stereocenters. The Morgan fingerprint density at radius 1 is 1.56 bits per heavy atom. The summed E-state index contributed by atoms with van der Waals surface area (Å²) in [4.78, 5) is 16.7. The first kappa shape index (κ1) is 14.9. The molecule has 0 aliphatic rings. The Kier molecular flexibility index (Phi) is 5.55. The maximum atomic E-state index is 11.4. The molecule has 0 spiro atoms. The molecule has 0 saturated heterocycles. The van der Waals surface area contributed by atoms with Gasteiger partial charge in [0, 0.05) is 17.7 Å². The number of alkyl carbamates (subject to hydrolysis) is 1. The first-order chi connectivity index (χ1) is 8.40. The van der Waals surface area contributed by atoms with E-state index >= 15 is 0 Å². The van der Waals surface area contributed by atoms with Crippen molar-refractivity contribution in [2.24, 2.45) is 0 Å². The lowest BCUT2D eigenvalue weighted by Crippen LogP contribution is -2.32. The number of hydrogen-bond donors (Lipinski definition) is 2. The fourth-order valence-corrected chi connectivity index (χ4v) is 2.16. The number of rotatable bonds is 5. The van der Waals surface area contributed by atoms with Crippen LogP contribution in [0.4, 0.5) is 4.79 Å². The average Bonchev–Trinajstić information content (AvgIpc) is 2.69. The SMILES string of the molecule is CC(C)(C)OC(=O)NCc1ncc(CCCO)s1. The molecule has 6 heteroatoms. The summed E-state index contributed by atoms with van der Waals surface area (Å²) in [5, 5.41) is 12.2. The van der Waals surface area contributed by atoms with E-state index in [0.29, 0.717) is 6.54 Å². The van der Waals surface area contributed by atoms with Gasteiger partial charge < -0.3 is 15.2 Å². The second-order valence-electron chi connectivity index (χ2n) is 4.90. The lowest BCUT2D eigenvalue weighted by atomic mass is 10.2. The Bertz CT molecular complexity index is 385. The number of hydrogen-bond acceptors (Lipinski definition) is 5. The van der Waals surface area contributed by atoms with Crippen molar-refractivity contribution < 1.29 is 14.6 Å². The second kappa shape index (κ2) is 6.70. The number of aryl methyl sites for hydroxylation is 1. The zero-order valence-electron chi connectivity index (χ0n) is 11.0. The third kappa shape index (κ3) is 5.97. The number of nitrogens with one attached hydrogen (secondary N) is 1. The number of amides is 1. The summed E-state index contributed by atoms with van der Waals surface area (Å²) in [5.41, 5.74) is -0.487. The monoisotopic (exact) mass is 272 g/mol. The molecule has 0 saturated carbocycles. The van der Waals surface area contributed by atoms with E-state index in [-0.39, 0.29) is 6.61 Å². The van der Waals surface area contributed by atoms with E-state index in [9.17, 15) is 4.79 Å². The van der Waals surface area contributed by atoms with Gasteiger partial charge in [-0.2, -0.15) is 0 Å². The number of nitrogens with zero attached hydrogens (tertiary/aromatic N) is 1. The Morgan fingerprint density at radius 3 is 2.89 bits per heavy atom. The van der Waals surface area contributed by atoms with Gasteiger partial charge in [-0.25, -0.2) is 9.78 Å². The second-order valence-corrected chi connectivity index (χ2v) is 6.10. The van der Waals surface area contributed by atoms with Crippen LogP contribution >= 0.6 is 11.3 Å². The lowest BCUT2D eigenvalue weighted by molar-refractivity contribution is 0.0523. The number of ether oxygens (including phenoxy) is 1. The van der Waals surface area contributed by atoms with Crippen LogP contribution in [0.5, 0.6) is 0 Å². The summed E-state index contributed by atoms with van der Waals surface area (Å²) in [6.45, 7) is 6.02. The third-order valence-electron chi connectivity index (χ3n) is 1.97. The van der Waals surface area contributed by atoms with Crippen LogP contribution in [0.15, 0.2) is 6.20 Å². The molecule has 0 atom stereocenters. The summed E-state index contributed by atoms with van der Waals surface area (Å²) in [6, 6.07) is 0. The minimum absolute atomic E-state index is 0.184. The van der Waals surface area contributed by atoms with Crippen LogP contribution in [-0.4, -0.2) is 28.4 Å². The van der Waals surface area contributed by atoms with E-state index in [1.54, 1.807) is 17.5 Å².